The van der Waals surface area contributed by atoms with Gasteiger partial charge < -0.3 is 10.1 Å². The van der Waals surface area contributed by atoms with Crippen LogP contribution in [0.2, 0.25) is 0 Å². The molecule has 1 saturated heterocycles. The predicted molar refractivity (Wildman–Crippen MR) is 79.6 cm³/mol. The highest BCUT2D eigenvalue weighted by molar-refractivity contribution is 5.33. The van der Waals surface area contributed by atoms with Crippen LogP contribution >= 0.6 is 0 Å². The number of piperidine rings is 1. The third kappa shape index (κ3) is 4.22. The van der Waals surface area contributed by atoms with Gasteiger partial charge in [-0.05, 0) is 39.4 Å². The van der Waals surface area contributed by atoms with Crippen LogP contribution in [0.3, 0.4) is 0 Å². The highest BCUT2D eigenvalue weighted by Crippen LogP contribution is 2.19. The Morgan fingerprint density at radius 2 is 2.16 bits per heavy atom. The first kappa shape index (κ1) is 14.4. The Bertz CT molecular complexity index is 381. The van der Waals surface area contributed by atoms with E-state index in [1.54, 1.807) is 0 Å². The minimum Gasteiger partial charge on any atom is -0.492 e. The van der Waals surface area contributed by atoms with E-state index in [4.69, 9.17) is 4.74 Å². The van der Waals surface area contributed by atoms with E-state index >= 15 is 0 Å². The molecule has 0 saturated carbocycles. The lowest BCUT2D eigenvalue weighted by Crippen LogP contribution is -2.39. The van der Waals surface area contributed by atoms with E-state index < -0.39 is 0 Å². The number of hydrogen-bond donors (Lipinski definition) is 1. The van der Waals surface area contributed by atoms with E-state index in [0.29, 0.717) is 6.04 Å². The summed E-state index contributed by atoms with van der Waals surface area (Å²) in [7, 11) is 1.96. The molecule has 0 aromatic heterocycles. The standard InChI is InChI=1S/C16H26N2O/c1-14-7-5-6-10-18(14)11-12-19-16-9-4-3-8-15(16)13-17-2/h3-4,8-9,14,17H,5-7,10-13H2,1-2H3. The lowest BCUT2D eigenvalue weighted by atomic mass is 10.0. The summed E-state index contributed by atoms with van der Waals surface area (Å²) in [4.78, 5) is 2.55. The first-order valence-corrected chi connectivity index (χ1v) is 7.40. The molecule has 2 rings (SSSR count). The molecular formula is C16H26N2O. The van der Waals surface area contributed by atoms with Gasteiger partial charge in [0.15, 0.2) is 0 Å². The van der Waals surface area contributed by atoms with Crippen LogP contribution in [0.4, 0.5) is 0 Å². The molecule has 0 amide bonds. The van der Waals surface area contributed by atoms with E-state index in [1.807, 2.05) is 13.1 Å². The Labute approximate surface area is 116 Å². The van der Waals surface area contributed by atoms with Gasteiger partial charge in [0.25, 0.3) is 0 Å². The lowest BCUT2D eigenvalue weighted by molar-refractivity contribution is 0.133. The number of para-hydroxylation sites is 1. The molecule has 0 radical (unpaired) electrons. The van der Waals surface area contributed by atoms with Crippen LogP contribution in [0.15, 0.2) is 24.3 Å². The number of hydrogen-bond acceptors (Lipinski definition) is 3. The molecule has 0 aliphatic carbocycles. The third-order valence-corrected chi connectivity index (χ3v) is 3.92. The molecule has 1 aromatic carbocycles. The molecule has 1 fully saturated rings. The molecule has 1 aromatic rings. The molecular weight excluding hydrogens is 236 g/mol. The van der Waals surface area contributed by atoms with Gasteiger partial charge in [-0.15, -0.1) is 0 Å². The first-order valence-electron chi connectivity index (χ1n) is 7.40. The van der Waals surface area contributed by atoms with Crippen molar-refractivity contribution >= 4 is 0 Å². The summed E-state index contributed by atoms with van der Waals surface area (Å²) >= 11 is 0. The maximum absolute atomic E-state index is 5.96. The van der Waals surface area contributed by atoms with Crippen LogP contribution in [0, 0.1) is 0 Å². The Morgan fingerprint density at radius 3 is 2.95 bits per heavy atom. The maximum Gasteiger partial charge on any atom is 0.123 e. The normalized spacial score (nSPS) is 20.4. The second kappa shape index (κ2) is 7.51. The topological polar surface area (TPSA) is 24.5 Å². The molecule has 1 N–H and O–H groups in total. The summed E-state index contributed by atoms with van der Waals surface area (Å²) in [6.07, 6.45) is 4.04. The molecule has 1 heterocycles. The van der Waals surface area contributed by atoms with Gasteiger partial charge in [-0.25, -0.2) is 0 Å². The monoisotopic (exact) mass is 262 g/mol. The Morgan fingerprint density at radius 1 is 1.32 bits per heavy atom. The van der Waals surface area contributed by atoms with Gasteiger partial charge in [-0.2, -0.15) is 0 Å². The zero-order chi connectivity index (χ0) is 13.5. The van der Waals surface area contributed by atoms with E-state index in [1.165, 1.54) is 31.4 Å². The molecule has 1 unspecified atom stereocenters. The molecule has 106 valence electrons. The SMILES string of the molecule is CNCc1ccccc1OCCN1CCCCC1C. The molecule has 19 heavy (non-hydrogen) atoms. The van der Waals surface area contributed by atoms with Crippen molar-refractivity contribution in [2.45, 2.75) is 38.8 Å². The molecule has 0 bridgehead atoms. The van der Waals surface area contributed by atoms with Crippen molar-refractivity contribution in [1.29, 1.82) is 0 Å². The fraction of sp³-hybridized carbons (Fsp3) is 0.625. The van der Waals surface area contributed by atoms with Crippen molar-refractivity contribution in [3.63, 3.8) is 0 Å². The summed E-state index contributed by atoms with van der Waals surface area (Å²) in [6, 6.07) is 9.00. The highest BCUT2D eigenvalue weighted by atomic mass is 16.5. The fourth-order valence-corrected chi connectivity index (χ4v) is 2.74. The van der Waals surface area contributed by atoms with Crippen molar-refractivity contribution in [2.75, 3.05) is 26.7 Å². The van der Waals surface area contributed by atoms with Gasteiger partial charge in [-0.3, -0.25) is 4.90 Å². The van der Waals surface area contributed by atoms with Crippen molar-refractivity contribution in [3.8, 4) is 5.75 Å². The van der Waals surface area contributed by atoms with Gasteiger partial charge in [0, 0.05) is 24.7 Å². The van der Waals surface area contributed by atoms with Gasteiger partial charge in [-0.1, -0.05) is 24.6 Å². The van der Waals surface area contributed by atoms with Gasteiger partial charge >= 0.3 is 0 Å². The summed E-state index contributed by atoms with van der Waals surface area (Å²) in [5.74, 6) is 1.02. The van der Waals surface area contributed by atoms with Crippen LogP contribution in [0.1, 0.15) is 31.7 Å². The van der Waals surface area contributed by atoms with E-state index in [2.05, 4.69) is 35.3 Å². The van der Waals surface area contributed by atoms with Gasteiger partial charge in [0.1, 0.15) is 12.4 Å². The largest absolute Gasteiger partial charge is 0.492 e. The van der Waals surface area contributed by atoms with Crippen LogP contribution in [0.25, 0.3) is 0 Å². The van der Waals surface area contributed by atoms with Gasteiger partial charge in [0.05, 0.1) is 0 Å². The second-order valence-corrected chi connectivity index (χ2v) is 5.37. The summed E-state index contributed by atoms with van der Waals surface area (Å²) in [6.45, 7) is 6.23. The second-order valence-electron chi connectivity index (χ2n) is 5.37. The minimum absolute atomic E-state index is 0.713. The number of benzene rings is 1. The first-order chi connectivity index (χ1) is 9.31. The molecule has 3 heteroatoms. The molecule has 3 nitrogen and oxygen atoms in total. The molecule has 1 aliphatic rings. The van der Waals surface area contributed by atoms with Crippen molar-refractivity contribution in [2.24, 2.45) is 0 Å². The molecule has 1 aliphatic heterocycles. The summed E-state index contributed by atoms with van der Waals surface area (Å²) in [5.41, 5.74) is 1.23. The summed E-state index contributed by atoms with van der Waals surface area (Å²) < 4.78 is 5.96. The minimum atomic E-state index is 0.713. The fourth-order valence-electron chi connectivity index (χ4n) is 2.74. The van der Waals surface area contributed by atoms with Crippen molar-refractivity contribution in [1.82, 2.24) is 10.2 Å². The van der Waals surface area contributed by atoms with E-state index in [9.17, 15) is 0 Å². The zero-order valence-corrected chi connectivity index (χ0v) is 12.2. The van der Waals surface area contributed by atoms with Gasteiger partial charge in [0.2, 0.25) is 0 Å². The van der Waals surface area contributed by atoms with Crippen LogP contribution in [-0.4, -0.2) is 37.7 Å². The van der Waals surface area contributed by atoms with E-state index in [0.717, 1.165) is 25.4 Å². The predicted octanol–water partition coefficient (Wildman–Crippen LogP) is 2.66. The number of nitrogens with zero attached hydrogens (tertiary/aromatic N) is 1. The Balaban J connectivity index is 1.81. The number of ether oxygens (including phenoxy) is 1. The van der Waals surface area contributed by atoms with Crippen LogP contribution in [0.5, 0.6) is 5.75 Å². The average Bonchev–Trinajstić information content (AvgIpc) is 2.43. The van der Waals surface area contributed by atoms with Crippen molar-refractivity contribution in [3.05, 3.63) is 29.8 Å². The maximum atomic E-state index is 5.96. The number of rotatable bonds is 6. The van der Waals surface area contributed by atoms with Crippen molar-refractivity contribution < 1.29 is 4.74 Å². The molecule has 1 atom stereocenters. The smallest absolute Gasteiger partial charge is 0.123 e. The average molecular weight is 262 g/mol. The Hall–Kier alpha value is -1.06. The zero-order valence-electron chi connectivity index (χ0n) is 12.2. The quantitative estimate of drug-likeness (QED) is 0.853. The van der Waals surface area contributed by atoms with Crippen LogP contribution < -0.4 is 10.1 Å². The van der Waals surface area contributed by atoms with E-state index in [-0.39, 0.29) is 0 Å². The Kier molecular flexibility index (Phi) is 5.67. The number of nitrogens with one attached hydrogen (secondary N) is 1. The number of likely N-dealkylation sites (tertiary alicyclic amines) is 1. The molecule has 0 spiro atoms. The third-order valence-electron chi connectivity index (χ3n) is 3.92. The summed E-state index contributed by atoms with van der Waals surface area (Å²) in [5, 5.41) is 3.18. The van der Waals surface area contributed by atoms with Crippen LogP contribution in [-0.2, 0) is 6.54 Å². The lowest BCUT2D eigenvalue weighted by Gasteiger charge is -2.33. The highest BCUT2D eigenvalue weighted by Gasteiger charge is 2.17.